The summed E-state index contributed by atoms with van der Waals surface area (Å²) in [6, 6.07) is 0. The monoisotopic (exact) mass is 703 g/mol. The Kier molecular flexibility index (Phi) is 35.5. The lowest BCUT2D eigenvalue weighted by Crippen LogP contribution is -2.37. The number of rotatable bonds is 40. The molecule has 5 nitrogen and oxygen atoms in total. The number of unbranched alkanes of at least 4 members (excludes halogenated alkanes) is 30. The molecule has 0 spiro atoms. The first-order valence-corrected chi connectivity index (χ1v) is 23.2. The van der Waals surface area contributed by atoms with E-state index < -0.39 is 7.82 Å². The zero-order valence-electron chi connectivity index (χ0n) is 33.6. The second kappa shape index (κ2) is 35.5. The molecule has 0 aliphatic rings. The van der Waals surface area contributed by atoms with Crippen molar-refractivity contribution in [1.29, 1.82) is 0 Å². The molecule has 0 heterocycles. The molecule has 0 radical (unpaired) electrons. The molecule has 1 N–H and O–H groups in total. The fraction of sp³-hybridized carbons (Fsp3) is 1.00. The van der Waals surface area contributed by atoms with Gasteiger partial charge in [-0.05, 0) is 12.8 Å². The molecule has 1 unspecified atom stereocenters. The van der Waals surface area contributed by atoms with Crippen molar-refractivity contribution < 1.29 is 23.0 Å². The van der Waals surface area contributed by atoms with Crippen LogP contribution in [0.25, 0.3) is 0 Å². The molecule has 1 atom stereocenters. The average molecular weight is 703 g/mol. The minimum Gasteiger partial charge on any atom is -0.329 e. The van der Waals surface area contributed by atoms with E-state index >= 15 is 0 Å². The Balaban J connectivity index is 4.05. The van der Waals surface area contributed by atoms with Gasteiger partial charge in [-0.3, -0.25) is 9.05 Å². The van der Waals surface area contributed by atoms with Gasteiger partial charge in [0.25, 0.3) is 0 Å². The Morgan fingerprint density at radius 3 is 0.958 bits per heavy atom. The minimum atomic E-state index is -4.03. The summed E-state index contributed by atoms with van der Waals surface area (Å²) in [4.78, 5) is 10.5. The number of quaternary nitrogens is 1. The summed E-state index contributed by atoms with van der Waals surface area (Å²) < 4.78 is 24.6. The van der Waals surface area contributed by atoms with Gasteiger partial charge in [-0.25, -0.2) is 4.57 Å². The molecule has 0 saturated carbocycles. The molecule has 6 heteroatoms. The maximum atomic E-state index is 12.8. The van der Waals surface area contributed by atoms with Crippen LogP contribution in [0.5, 0.6) is 0 Å². The minimum absolute atomic E-state index is 0.178. The number of nitrogens with zero attached hydrogens (tertiary/aromatic N) is 1. The van der Waals surface area contributed by atoms with Crippen LogP contribution in [0.3, 0.4) is 0 Å². The fourth-order valence-corrected chi connectivity index (χ4v) is 7.70. The summed E-state index contributed by atoms with van der Waals surface area (Å²) in [5, 5.41) is 0. The third kappa shape index (κ3) is 38.9. The highest BCUT2D eigenvalue weighted by Crippen LogP contribution is 2.46. The SMILES string of the molecule is CCCCCCCCCCCCCCCCCCC(CCCCCCCCCCCCCCCCCC)OP(=O)(O)OCC[N+](C)(C)C. The van der Waals surface area contributed by atoms with Crippen molar-refractivity contribution in [2.45, 2.75) is 238 Å². The van der Waals surface area contributed by atoms with E-state index in [1.54, 1.807) is 0 Å². The Hall–Kier alpha value is 0.0700. The van der Waals surface area contributed by atoms with Crippen LogP contribution < -0.4 is 0 Å². The van der Waals surface area contributed by atoms with Crippen molar-refractivity contribution in [3.8, 4) is 0 Å². The van der Waals surface area contributed by atoms with E-state index in [0.717, 1.165) is 25.7 Å². The lowest BCUT2D eigenvalue weighted by Gasteiger charge is -2.25. The van der Waals surface area contributed by atoms with Crippen molar-refractivity contribution in [3.05, 3.63) is 0 Å². The summed E-state index contributed by atoms with van der Waals surface area (Å²) in [5.74, 6) is 0. The summed E-state index contributed by atoms with van der Waals surface area (Å²) >= 11 is 0. The number of phosphoric acid groups is 1. The molecule has 0 aromatic rings. The van der Waals surface area contributed by atoms with Crippen LogP contribution in [0, 0.1) is 0 Å². The Bertz CT molecular complexity index is 647. The third-order valence-electron chi connectivity index (χ3n) is 10.1. The highest BCUT2D eigenvalue weighted by Gasteiger charge is 2.27. The van der Waals surface area contributed by atoms with E-state index in [-0.39, 0.29) is 12.7 Å². The maximum Gasteiger partial charge on any atom is 0.472 e. The van der Waals surface area contributed by atoms with Crippen LogP contribution in [-0.4, -0.2) is 49.8 Å². The van der Waals surface area contributed by atoms with Crippen molar-refractivity contribution >= 4 is 7.82 Å². The van der Waals surface area contributed by atoms with Gasteiger partial charge < -0.3 is 9.38 Å². The largest absolute Gasteiger partial charge is 0.472 e. The normalized spacial score (nSPS) is 13.5. The second-order valence-electron chi connectivity index (χ2n) is 16.2. The third-order valence-corrected chi connectivity index (χ3v) is 11.1. The molecule has 0 aromatic heterocycles. The Labute approximate surface area is 302 Å². The van der Waals surface area contributed by atoms with Gasteiger partial charge in [0, 0.05) is 0 Å². The molecule has 0 aromatic carbocycles. The molecule has 0 rings (SSSR count). The van der Waals surface area contributed by atoms with Crippen LogP contribution in [0.2, 0.25) is 0 Å². The molecule has 48 heavy (non-hydrogen) atoms. The summed E-state index contributed by atoms with van der Waals surface area (Å²) in [5.41, 5.74) is 0. The Morgan fingerprint density at radius 1 is 0.458 bits per heavy atom. The summed E-state index contributed by atoms with van der Waals surface area (Å²) in [7, 11) is 2.15. The van der Waals surface area contributed by atoms with Crippen molar-refractivity contribution in [2.24, 2.45) is 0 Å². The van der Waals surface area contributed by atoms with Gasteiger partial charge in [-0.15, -0.1) is 0 Å². The second-order valence-corrected chi connectivity index (χ2v) is 17.6. The predicted octanol–water partition coefficient (Wildman–Crippen LogP) is 14.5. The highest BCUT2D eigenvalue weighted by molar-refractivity contribution is 7.47. The topological polar surface area (TPSA) is 55.8 Å². The molecule has 0 bridgehead atoms. The van der Waals surface area contributed by atoms with E-state index in [4.69, 9.17) is 9.05 Å². The molecule has 0 aliphatic carbocycles. The molecular weight excluding hydrogens is 613 g/mol. The first-order chi connectivity index (χ1) is 23.2. The van der Waals surface area contributed by atoms with E-state index in [0.29, 0.717) is 11.0 Å². The standard InChI is InChI=1S/C42H88NO4P/c1-6-8-10-12-14-16-18-20-22-24-26-28-30-32-34-36-38-42(47-48(44,45)46-41-40-43(3,4)5)39-37-35-33-31-29-27-25-23-21-19-17-15-13-11-9-7-2/h42H,6-41H2,1-5H3/p+1. The van der Waals surface area contributed by atoms with Crippen molar-refractivity contribution in [3.63, 3.8) is 0 Å². The number of hydrogen-bond donors (Lipinski definition) is 1. The van der Waals surface area contributed by atoms with Crippen LogP contribution in [0.1, 0.15) is 232 Å². The first kappa shape index (κ1) is 48.1. The van der Waals surface area contributed by atoms with Gasteiger partial charge in [-0.2, -0.15) is 0 Å². The van der Waals surface area contributed by atoms with Gasteiger partial charge in [0.2, 0.25) is 0 Å². The maximum absolute atomic E-state index is 12.8. The summed E-state index contributed by atoms with van der Waals surface area (Å²) in [6.45, 7) is 5.49. The van der Waals surface area contributed by atoms with E-state index in [1.165, 1.54) is 193 Å². The Morgan fingerprint density at radius 2 is 0.708 bits per heavy atom. The molecule has 0 amide bonds. The van der Waals surface area contributed by atoms with Crippen molar-refractivity contribution in [2.75, 3.05) is 34.3 Å². The number of hydrogen-bond acceptors (Lipinski definition) is 3. The van der Waals surface area contributed by atoms with Crippen LogP contribution in [0.15, 0.2) is 0 Å². The van der Waals surface area contributed by atoms with Gasteiger partial charge >= 0.3 is 7.82 Å². The highest BCUT2D eigenvalue weighted by atomic mass is 31.2. The smallest absolute Gasteiger partial charge is 0.329 e. The quantitative estimate of drug-likeness (QED) is 0.0392. The number of phosphoric ester groups is 1. The van der Waals surface area contributed by atoms with Gasteiger partial charge in [0.05, 0.1) is 27.2 Å². The summed E-state index contributed by atoms with van der Waals surface area (Å²) in [6.07, 6.45) is 44.9. The van der Waals surface area contributed by atoms with Crippen LogP contribution >= 0.6 is 7.82 Å². The van der Waals surface area contributed by atoms with Crippen LogP contribution in [-0.2, 0) is 13.6 Å². The van der Waals surface area contributed by atoms with Crippen molar-refractivity contribution in [1.82, 2.24) is 0 Å². The lowest BCUT2D eigenvalue weighted by molar-refractivity contribution is -0.870. The van der Waals surface area contributed by atoms with Gasteiger partial charge in [0.15, 0.2) is 0 Å². The lowest BCUT2D eigenvalue weighted by atomic mass is 10.0. The predicted molar refractivity (Wildman–Crippen MR) is 212 cm³/mol. The molecular formula is C42H89NO4P+. The van der Waals surface area contributed by atoms with Gasteiger partial charge in [-0.1, -0.05) is 219 Å². The van der Waals surface area contributed by atoms with Gasteiger partial charge in [0.1, 0.15) is 13.2 Å². The first-order valence-electron chi connectivity index (χ1n) is 21.7. The van der Waals surface area contributed by atoms with E-state index in [9.17, 15) is 9.46 Å². The molecule has 0 saturated heterocycles. The zero-order chi connectivity index (χ0) is 35.4. The zero-order valence-corrected chi connectivity index (χ0v) is 34.5. The molecule has 0 aliphatic heterocycles. The van der Waals surface area contributed by atoms with E-state index in [1.807, 2.05) is 0 Å². The van der Waals surface area contributed by atoms with Crippen LogP contribution in [0.4, 0.5) is 0 Å². The molecule has 0 fully saturated rings. The van der Waals surface area contributed by atoms with E-state index in [2.05, 4.69) is 35.0 Å². The fourth-order valence-electron chi connectivity index (χ4n) is 6.74. The molecule has 290 valence electrons. The average Bonchev–Trinajstić information content (AvgIpc) is 3.03. The number of likely N-dealkylation sites (N-methyl/N-ethyl adjacent to an activating group) is 1.